The maximum Gasteiger partial charge on any atom is 0.0541 e. The van der Waals surface area contributed by atoms with E-state index in [2.05, 4.69) is 324 Å². The molecule has 1 aliphatic rings. The van der Waals surface area contributed by atoms with Crippen LogP contribution in [0.25, 0.3) is 127 Å². The first-order valence-corrected chi connectivity index (χ1v) is 28.8. The molecule has 0 aliphatic heterocycles. The summed E-state index contributed by atoms with van der Waals surface area (Å²) >= 11 is 0. The van der Waals surface area contributed by atoms with Crippen molar-refractivity contribution in [3.8, 4) is 50.4 Å². The van der Waals surface area contributed by atoms with Gasteiger partial charge < -0.3 is 18.6 Å². The molecular weight excluding hydrogens is 1000 g/mol. The summed E-state index contributed by atoms with van der Waals surface area (Å²) in [5, 5.41) is 9.89. The molecule has 0 bridgehead atoms. The number of hydrogen-bond acceptors (Lipinski definition) is 1. The molecule has 0 saturated carbocycles. The van der Waals surface area contributed by atoms with Crippen LogP contribution in [-0.2, 0) is 5.41 Å². The van der Waals surface area contributed by atoms with Crippen molar-refractivity contribution in [2.24, 2.45) is 0 Å². The topological polar surface area (TPSA) is 18.0 Å². The van der Waals surface area contributed by atoms with E-state index < -0.39 is 0 Å². The second-order valence-corrected chi connectivity index (χ2v) is 22.9. The van der Waals surface area contributed by atoms with Crippen LogP contribution < -0.4 is 4.90 Å². The summed E-state index contributed by atoms with van der Waals surface area (Å²) in [6.07, 6.45) is 0. The molecule has 16 aromatic rings. The fourth-order valence-corrected chi connectivity index (χ4v) is 14.2. The second-order valence-electron chi connectivity index (χ2n) is 22.9. The molecule has 0 saturated heterocycles. The molecule has 0 fully saturated rings. The van der Waals surface area contributed by atoms with Gasteiger partial charge in [0.1, 0.15) is 0 Å². The minimum atomic E-state index is -0.290. The predicted molar refractivity (Wildman–Crippen MR) is 350 cm³/mol. The number of aromatic nitrogens is 3. The lowest BCUT2D eigenvalue weighted by molar-refractivity contribution is 0.660. The quantitative estimate of drug-likeness (QED) is 0.148. The van der Waals surface area contributed by atoms with Crippen LogP contribution in [0.2, 0.25) is 0 Å². The lowest BCUT2D eigenvalue weighted by atomic mass is 9.82. The van der Waals surface area contributed by atoms with Gasteiger partial charge >= 0.3 is 0 Å². The van der Waals surface area contributed by atoms with E-state index in [9.17, 15) is 0 Å². The molecule has 83 heavy (non-hydrogen) atoms. The van der Waals surface area contributed by atoms with Gasteiger partial charge in [-0.1, -0.05) is 190 Å². The Bertz CT molecular complexity index is 5230. The third-order valence-electron chi connectivity index (χ3n) is 18.0. The van der Waals surface area contributed by atoms with Crippen molar-refractivity contribution in [1.29, 1.82) is 0 Å². The van der Waals surface area contributed by atoms with Crippen LogP contribution in [0.1, 0.15) is 25.0 Å². The predicted octanol–water partition coefficient (Wildman–Crippen LogP) is 21.2. The fourth-order valence-electron chi connectivity index (χ4n) is 14.2. The normalized spacial score (nSPS) is 12.8. The molecule has 1 aliphatic carbocycles. The Morgan fingerprint density at radius 2 is 0.651 bits per heavy atom. The van der Waals surface area contributed by atoms with Crippen LogP contribution in [0.15, 0.2) is 291 Å². The highest BCUT2D eigenvalue weighted by Crippen LogP contribution is 2.53. The first-order chi connectivity index (χ1) is 40.9. The average molecular weight is 1060 g/mol. The monoisotopic (exact) mass is 1060 g/mol. The maximum atomic E-state index is 2.49. The van der Waals surface area contributed by atoms with E-state index in [1.165, 1.54) is 126 Å². The molecule has 4 nitrogen and oxygen atoms in total. The van der Waals surface area contributed by atoms with Crippen molar-refractivity contribution in [2.75, 3.05) is 4.90 Å². The Morgan fingerprint density at radius 3 is 1.22 bits per heavy atom. The molecule has 390 valence electrons. The summed E-state index contributed by atoms with van der Waals surface area (Å²) in [6.45, 7) is 4.81. The smallest absolute Gasteiger partial charge is 0.0541 e. The molecule has 0 N–H and O–H groups in total. The van der Waals surface area contributed by atoms with Gasteiger partial charge in [0.15, 0.2) is 0 Å². The van der Waals surface area contributed by atoms with Crippen LogP contribution in [0.5, 0.6) is 0 Å². The van der Waals surface area contributed by atoms with Crippen LogP contribution >= 0.6 is 0 Å². The molecule has 0 spiro atoms. The minimum Gasteiger partial charge on any atom is -0.310 e. The largest absolute Gasteiger partial charge is 0.310 e. The lowest BCUT2D eigenvalue weighted by Crippen LogP contribution is -2.17. The number of fused-ring (bicyclic) bond motifs is 13. The first-order valence-electron chi connectivity index (χ1n) is 28.8. The lowest BCUT2D eigenvalue weighted by Gasteiger charge is -2.29. The molecule has 0 radical (unpaired) electrons. The number of anilines is 3. The Labute approximate surface area is 481 Å². The summed E-state index contributed by atoms with van der Waals surface area (Å²) in [7, 11) is 0. The van der Waals surface area contributed by atoms with E-state index in [-0.39, 0.29) is 5.41 Å². The Hall–Kier alpha value is -10.7. The van der Waals surface area contributed by atoms with Crippen molar-refractivity contribution in [3.63, 3.8) is 0 Å². The molecule has 0 atom stereocenters. The van der Waals surface area contributed by atoms with Gasteiger partial charge in [-0.05, 0) is 165 Å². The average Bonchev–Trinajstić information content (AvgIpc) is 2.42. The maximum absolute atomic E-state index is 2.49. The summed E-state index contributed by atoms with van der Waals surface area (Å²) in [5.41, 5.74) is 23.7. The molecule has 0 amide bonds. The number of nitrogens with zero attached hydrogens (tertiary/aromatic N) is 4. The number of benzene rings is 13. The summed E-state index contributed by atoms with van der Waals surface area (Å²) in [4.78, 5) is 2.49. The van der Waals surface area contributed by atoms with Gasteiger partial charge in [0.2, 0.25) is 0 Å². The van der Waals surface area contributed by atoms with Crippen LogP contribution in [0.3, 0.4) is 0 Å². The minimum absolute atomic E-state index is 0.290. The fraction of sp³-hybridized carbons (Fsp3) is 0.0380. The van der Waals surface area contributed by atoms with Crippen LogP contribution in [0.4, 0.5) is 17.1 Å². The number of para-hydroxylation sites is 6. The zero-order chi connectivity index (χ0) is 54.9. The van der Waals surface area contributed by atoms with E-state index in [4.69, 9.17) is 0 Å². The van der Waals surface area contributed by atoms with Crippen molar-refractivity contribution in [3.05, 3.63) is 302 Å². The molecule has 4 heteroatoms. The number of rotatable bonds is 8. The molecule has 13 aromatic carbocycles. The van der Waals surface area contributed by atoms with Gasteiger partial charge in [-0.2, -0.15) is 0 Å². The van der Waals surface area contributed by atoms with E-state index in [1.54, 1.807) is 0 Å². The molecule has 0 unspecified atom stereocenters. The van der Waals surface area contributed by atoms with Gasteiger partial charge in [-0.15, -0.1) is 0 Å². The molecule has 3 heterocycles. The SMILES string of the molecule is CC1(C)c2cc(N(c3ccc(-c4ccc5c(c4)c4ccccc4n5-c4ccccc4)cc3)c3ccc(-c4ccc5c(c4)c4ccccc4n5-c4ccccc4)c4ccccc34)ccc2-c2ccc(-n3c4ccccc4c4ccccc43)cc21. The third-order valence-corrected chi connectivity index (χ3v) is 18.0. The van der Waals surface area contributed by atoms with E-state index in [0.717, 1.165) is 28.4 Å². The van der Waals surface area contributed by atoms with Crippen LogP contribution in [-0.4, -0.2) is 13.7 Å². The van der Waals surface area contributed by atoms with Crippen molar-refractivity contribution < 1.29 is 0 Å². The zero-order valence-corrected chi connectivity index (χ0v) is 46.0. The number of hydrogen-bond donors (Lipinski definition) is 0. The first kappa shape index (κ1) is 47.2. The highest BCUT2D eigenvalue weighted by molar-refractivity contribution is 6.14. The highest BCUT2D eigenvalue weighted by Gasteiger charge is 2.37. The molecular formula is C79H54N4. The van der Waals surface area contributed by atoms with Gasteiger partial charge in [0, 0.05) is 71.6 Å². The summed E-state index contributed by atoms with van der Waals surface area (Å²) < 4.78 is 7.22. The van der Waals surface area contributed by atoms with Crippen LogP contribution in [0, 0.1) is 0 Å². The van der Waals surface area contributed by atoms with Gasteiger partial charge in [0.25, 0.3) is 0 Å². The van der Waals surface area contributed by atoms with Gasteiger partial charge in [-0.25, -0.2) is 0 Å². The van der Waals surface area contributed by atoms with Crippen molar-refractivity contribution >= 4 is 93.3 Å². The van der Waals surface area contributed by atoms with Crippen molar-refractivity contribution in [1.82, 2.24) is 13.7 Å². The summed E-state index contributed by atoms with van der Waals surface area (Å²) in [5.74, 6) is 0. The van der Waals surface area contributed by atoms with E-state index in [0.29, 0.717) is 0 Å². The third kappa shape index (κ3) is 7.12. The Balaban J connectivity index is 0.814. The van der Waals surface area contributed by atoms with Crippen molar-refractivity contribution in [2.45, 2.75) is 19.3 Å². The van der Waals surface area contributed by atoms with Gasteiger partial charge in [-0.3, -0.25) is 0 Å². The van der Waals surface area contributed by atoms with Gasteiger partial charge in [0.05, 0.1) is 38.8 Å². The molecule has 3 aromatic heterocycles. The Morgan fingerprint density at radius 1 is 0.253 bits per heavy atom. The second kappa shape index (κ2) is 18.2. The standard InChI is InChI=1S/C79H54N4/c1-79(2)70-49-57(39-41-61(70)62-42-40-58(50-71(62)79)83-72-29-15-11-25-64(72)65-26-12-16-30-73(65)83)80(56-37-33-51(34-38-56)52-35-44-77-68(47-52)66-27-13-17-31-74(66)81(77)54-19-5-3-6-20-54)76-46-43-59(60-23-9-10-24-63(60)76)53-36-45-78-69(48-53)67-28-14-18-32-75(67)82(78)55-21-7-4-8-22-55/h3-50H,1-2H3. The highest BCUT2D eigenvalue weighted by atomic mass is 15.1. The summed E-state index contributed by atoms with van der Waals surface area (Å²) in [6, 6.07) is 108. The van der Waals surface area contributed by atoms with E-state index in [1.807, 2.05) is 0 Å². The van der Waals surface area contributed by atoms with E-state index >= 15 is 0 Å². The molecule has 17 rings (SSSR count). The Kier molecular flexibility index (Phi) is 10.3. The zero-order valence-electron chi connectivity index (χ0n) is 46.0.